The lowest BCUT2D eigenvalue weighted by Gasteiger charge is -2.61. The highest BCUT2D eigenvalue weighted by Crippen LogP contribution is 2.71. The molecule has 5 fully saturated rings. The van der Waals surface area contributed by atoms with Gasteiger partial charge >= 0.3 is 0 Å². The first-order valence-corrected chi connectivity index (χ1v) is 11.1. The summed E-state index contributed by atoms with van der Waals surface area (Å²) in [5.74, 6) is 5.11. The first-order chi connectivity index (χ1) is 10.8. The number of fused-ring (bicyclic) bond motifs is 5. The highest BCUT2D eigenvalue weighted by molar-refractivity contribution is 8.07. The molecule has 23 heavy (non-hydrogen) atoms. The summed E-state index contributed by atoms with van der Waals surface area (Å²) in [6.07, 6.45) is 12.4. The maximum absolute atomic E-state index is 11.0. The molecular weight excluding hydrogens is 300 g/mol. The first kappa shape index (κ1) is 15.6. The average molecular weight is 335 g/mol. The van der Waals surface area contributed by atoms with Crippen LogP contribution in [0.4, 0.5) is 0 Å². The number of aliphatic hydroxyl groups is 1. The fourth-order valence-corrected chi connectivity index (χ4v) is 8.95. The number of hydrogen-bond donors (Lipinski definition) is 1. The topological polar surface area (TPSA) is 20.2 Å². The van der Waals surface area contributed by atoms with Crippen LogP contribution in [-0.4, -0.2) is 21.2 Å². The largest absolute Gasteiger partial charge is 0.390 e. The molecule has 0 unspecified atom stereocenters. The van der Waals surface area contributed by atoms with E-state index in [1.807, 2.05) is 0 Å². The monoisotopic (exact) mass is 334 g/mol. The van der Waals surface area contributed by atoms with Crippen LogP contribution in [0.5, 0.6) is 0 Å². The normalized spacial score (nSPS) is 64.2. The van der Waals surface area contributed by atoms with Crippen LogP contribution in [0.25, 0.3) is 0 Å². The summed E-state index contributed by atoms with van der Waals surface area (Å²) in [6, 6.07) is 0. The Bertz CT molecular complexity index is 524. The Labute approximate surface area is 146 Å². The summed E-state index contributed by atoms with van der Waals surface area (Å²) in [7, 11) is 0. The lowest BCUT2D eigenvalue weighted by atomic mass is 9.44. The summed E-state index contributed by atoms with van der Waals surface area (Å²) in [5.41, 5.74) is 0.397. The molecule has 5 rings (SSSR count). The van der Waals surface area contributed by atoms with Crippen LogP contribution in [0.2, 0.25) is 0 Å². The third-order valence-corrected chi connectivity index (χ3v) is 11.4. The minimum absolute atomic E-state index is 0.194. The molecule has 0 aromatic heterocycles. The van der Waals surface area contributed by atoms with Crippen molar-refractivity contribution >= 4 is 11.8 Å². The van der Waals surface area contributed by atoms with Gasteiger partial charge in [0.05, 0.1) is 5.60 Å². The second kappa shape index (κ2) is 4.53. The zero-order chi connectivity index (χ0) is 16.1. The molecule has 2 heteroatoms. The van der Waals surface area contributed by atoms with Crippen molar-refractivity contribution in [2.45, 2.75) is 88.9 Å². The molecular formula is C21H34OS. The van der Waals surface area contributed by atoms with E-state index in [-0.39, 0.29) is 5.41 Å². The third kappa shape index (κ3) is 1.92. The van der Waals surface area contributed by atoms with Crippen molar-refractivity contribution in [2.24, 2.45) is 34.5 Å². The molecule has 0 amide bonds. The molecule has 4 aliphatic carbocycles. The highest BCUT2D eigenvalue weighted by atomic mass is 32.2. The first-order valence-electron chi connectivity index (χ1n) is 10.2. The van der Waals surface area contributed by atoms with Crippen LogP contribution < -0.4 is 0 Å². The Balaban J connectivity index is 1.45. The van der Waals surface area contributed by atoms with E-state index >= 15 is 0 Å². The van der Waals surface area contributed by atoms with Gasteiger partial charge in [-0.1, -0.05) is 13.8 Å². The Morgan fingerprint density at radius 2 is 1.61 bits per heavy atom. The lowest BCUT2D eigenvalue weighted by Crippen LogP contribution is -2.56. The van der Waals surface area contributed by atoms with Gasteiger partial charge in [-0.05, 0) is 99.2 Å². The molecule has 0 bridgehead atoms. The fraction of sp³-hybridized carbons (Fsp3) is 1.00. The van der Waals surface area contributed by atoms with Gasteiger partial charge in [-0.15, -0.1) is 0 Å². The predicted octanol–water partition coefficient (Wildman–Crippen LogP) is 5.27. The number of hydrogen-bond acceptors (Lipinski definition) is 2. The smallest absolute Gasteiger partial charge is 0.0675 e. The molecule has 1 N–H and O–H groups in total. The van der Waals surface area contributed by atoms with Gasteiger partial charge in [-0.25, -0.2) is 0 Å². The molecule has 1 aliphatic heterocycles. The van der Waals surface area contributed by atoms with Crippen LogP contribution >= 0.6 is 11.8 Å². The standard InChI is InChI=1S/C21H34OS/c1-18-10-11-21(13-23-21)12-14(18)4-5-15-16(18)6-8-19(2)17(15)7-9-20(19,3)22/h14-17,22H,4-13H2,1-3H3/t14-,15-,16-,17+,18+,19+,20+,21+/m1/s1. The van der Waals surface area contributed by atoms with Gasteiger partial charge in [-0.2, -0.15) is 11.8 Å². The predicted molar refractivity (Wildman–Crippen MR) is 97.5 cm³/mol. The van der Waals surface area contributed by atoms with E-state index in [9.17, 15) is 5.11 Å². The molecule has 1 heterocycles. The quantitative estimate of drug-likeness (QED) is 0.609. The molecule has 130 valence electrons. The van der Waals surface area contributed by atoms with E-state index in [1.165, 1.54) is 57.1 Å². The van der Waals surface area contributed by atoms with Gasteiger partial charge in [0.15, 0.2) is 0 Å². The van der Waals surface area contributed by atoms with Crippen molar-refractivity contribution in [2.75, 3.05) is 5.75 Å². The molecule has 0 aromatic carbocycles. The van der Waals surface area contributed by atoms with Gasteiger partial charge in [0.25, 0.3) is 0 Å². The van der Waals surface area contributed by atoms with E-state index in [1.54, 1.807) is 0 Å². The summed E-state index contributed by atoms with van der Waals surface area (Å²) in [6.45, 7) is 7.23. The van der Waals surface area contributed by atoms with Gasteiger partial charge < -0.3 is 5.11 Å². The van der Waals surface area contributed by atoms with Crippen molar-refractivity contribution in [1.29, 1.82) is 0 Å². The summed E-state index contributed by atoms with van der Waals surface area (Å²) < 4.78 is 0.733. The van der Waals surface area contributed by atoms with Crippen molar-refractivity contribution in [3.63, 3.8) is 0 Å². The molecule has 1 spiro atoms. The number of rotatable bonds is 0. The zero-order valence-corrected chi connectivity index (χ0v) is 16.1. The van der Waals surface area contributed by atoms with Crippen molar-refractivity contribution in [3.8, 4) is 0 Å². The van der Waals surface area contributed by atoms with Crippen LogP contribution in [-0.2, 0) is 0 Å². The van der Waals surface area contributed by atoms with E-state index in [0.29, 0.717) is 5.41 Å². The van der Waals surface area contributed by atoms with Gasteiger partial charge in [0.1, 0.15) is 0 Å². The minimum atomic E-state index is -0.415. The van der Waals surface area contributed by atoms with Crippen molar-refractivity contribution < 1.29 is 5.11 Å². The molecule has 0 aromatic rings. The van der Waals surface area contributed by atoms with E-state index in [0.717, 1.165) is 34.8 Å². The van der Waals surface area contributed by atoms with Crippen molar-refractivity contribution in [1.82, 2.24) is 0 Å². The van der Waals surface area contributed by atoms with E-state index < -0.39 is 5.60 Å². The molecule has 4 saturated carbocycles. The van der Waals surface area contributed by atoms with E-state index in [4.69, 9.17) is 0 Å². The van der Waals surface area contributed by atoms with Gasteiger partial charge in [0.2, 0.25) is 0 Å². The van der Waals surface area contributed by atoms with E-state index in [2.05, 4.69) is 32.5 Å². The molecule has 1 saturated heterocycles. The number of thioether (sulfide) groups is 1. The van der Waals surface area contributed by atoms with Gasteiger partial charge in [0, 0.05) is 10.5 Å². The Hall–Kier alpha value is 0.310. The molecule has 1 nitrogen and oxygen atoms in total. The average Bonchev–Trinajstić information content (AvgIpc) is 3.21. The molecule has 5 aliphatic rings. The van der Waals surface area contributed by atoms with Crippen LogP contribution in [0.3, 0.4) is 0 Å². The van der Waals surface area contributed by atoms with Crippen LogP contribution in [0.1, 0.15) is 78.6 Å². The second-order valence-corrected chi connectivity index (χ2v) is 12.0. The summed E-state index contributed by atoms with van der Waals surface area (Å²) in [5, 5.41) is 11.0. The maximum atomic E-state index is 11.0. The lowest BCUT2D eigenvalue weighted by molar-refractivity contribution is -0.146. The SMILES string of the molecule is C[C@]12CC[C@@]3(CS3)C[C@H]1CC[C@@H]1[C@H]2CC[C@@]2(C)[C@H]1CC[C@]2(C)O. The molecule has 8 atom stereocenters. The molecule has 0 radical (unpaired) electrons. The second-order valence-electron chi connectivity index (χ2n) is 10.6. The third-order valence-electron chi connectivity index (χ3n) is 9.92. The van der Waals surface area contributed by atoms with Gasteiger partial charge in [-0.3, -0.25) is 0 Å². The van der Waals surface area contributed by atoms with Crippen LogP contribution in [0.15, 0.2) is 0 Å². The summed E-state index contributed by atoms with van der Waals surface area (Å²) >= 11 is 2.26. The maximum Gasteiger partial charge on any atom is 0.0675 e. The Morgan fingerprint density at radius 3 is 2.35 bits per heavy atom. The van der Waals surface area contributed by atoms with Crippen molar-refractivity contribution in [3.05, 3.63) is 0 Å². The Morgan fingerprint density at radius 1 is 0.870 bits per heavy atom. The zero-order valence-electron chi connectivity index (χ0n) is 15.2. The minimum Gasteiger partial charge on any atom is -0.390 e. The van der Waals surface area contributed by atoms with Crippen LogP contribution in [0, 0.1) is 34.5 Å². The highest BCUT2D eigenvalue weighted by Gasteiger charge is 2.64. The summed E-state index contributed by atoms with van der Waals surface area (Å²) in [4.78, 5) is 0. The fourth-order valence-electron chi connectivity index (χ4n) is 7.92. The Kier molecular flexibility index (Phi) is 3.06.